The average molecular weight is 321 g/mol. The van der Waals surface area contributed by atoms with Crippen LogP contribution in [0.1, 0.15) is 10.4 Å². The lowest BCUT2D eigenvalue weighted by Gasteiger charge is -2.06. The zero-order valence-corrected chi connectivity index (χ0v) is 13.2. The first kappa shape index (κ1) is 14.1. The van der Waals surface area contributed by atoms with Crippen molar-refractivity contribution >= 4 is 29.0 Å². The maximum atomic E-state index is 5.71. The normalized spacial score (nSPS) is 15.1. The third kappa shape index (κ3) is 3.31. The molecule has 0 fully saturated rings. The van der Waals surface area contributed by atoms with Gasteiger partial charge >= 0.3 is 0 Å². The molecule has 0 unspecified atom stereocenters. The number of fused-ring (bicyclic) bond motifs is 7. The van der Waals surface area contributed by atoms with Gasteiger partial charge in [-0.1, -0.05) is 24.3 Å². The highest BCUT2D eigenvalue weighted by Gasteiger charge is 2.07. The van der Waals surface area contributed by atoms with Gasteiger partial charge in [-0.15, -0.1) is 11.3 Å². The van der Waals surface area contributed by atoms with Crippen molar-refractivity contribution in [2.45, 2.75) is 6.61 Å². The van der Waals surface area contributed by atoms with E-state index in [1.165, 1.54) is 4.88 Å². The molecule has 0 saturated heterocycles. The highest BCUT2D eigenvalue weighted by Crippen LogP contribution is 2.28. The van der Waals surface area contributed by atoms with Gasteiger partial charge in [-0.25, -0.2) is 9.97 Å². The third-order valence-corrected chi connectivity index (χ3v) is 4.56. The Kier molecular flexibility index (Phi) is 3.88. The van der Waals surface area contributed by atoms with Gasteiger partial charge in [0.2, 0.25) is 5.95 Å². The molecule has 23 heavy (non-hydrogen) atoms. The van der Waals surface area contributed by atoms with Gasteiger partial charge in [0.25, 0.3) is 0 Å². The molecule has 1 aliphatic heterocycles. The number of aromatic nitrogens is 2. The fraction of sp³-hybridized carbons (Fsp3) is 0.111. The number of nitrogens with one attached hydrogen (secondary N) is 1. The molecule has 1 N–H and O–H groups in total. The molecule has 2 aromatic heterocycles. The van der Waals surface area contributed by atoms with E-state index in [1.807, 2.05) is 24.3 Å². The molecule has 4 nitrogen and oxygen atoms in total. The molecule has 0 spiro atoms. The van der Waals surface area contributed by atoms with Gasteiger partial charge in [0.15, 0.2) is 0 Å². The Morgan fingerprint density at radius 3 is 3.13 bits per heavy atom. The van der Waals surface area contributed by atoms with E-state index in [0.29, 0.717) is 19.2 Å². The molecule has 0 aliphatic carbocycles. The molecule has 0 atom stereocenters. The van der Waals surface area contributed by atoms with Gasteiger partial charge < -0.3 is 10.1 Å². The third-order valence-electron chi connectivity index (χ3n) is 3.48. The molecule has 3 aromatic rings. The van der Waals surface area contributed by atoms with E-state index in [1.54, 1.807) is 17.5 Å². The van der Waals surface area contributed by atoms with Crippen LogP contribution in [0.15, 0.2) is 54.7 Å². The Morgan fingerprint density at radius 2 is 2.13 bits per heavy atom. The number of thiophene rings is 1. The second-order valence-electron chi connectivity index (χ2n) is 5.20. The zero-order valence-electron chi connectivity index (χ0n) is 12.4. The summed E-state index contributed by atoms with van der Waals surface area (Å²) in [6.45, 7) is 1.21. The van der Waals surface area contributed by atoms with Crippen LogP contribution >= 0.6 is 11.3 Å². The van der Waals surface area contributed by atoms with E-state index < -0.39 is 0 Å². The average Bonchev–Trinajstić information content (AvgIpc) is 3.03. The molecule has 5 heteroatoms. The number of nitrogens with zero attached hydrogens (tertiary/aromatic N) is 2. The smallest absolute Gasteiger partial charge is 0.227 e. The summed E-state index contributed by atoms with van der Waals surface area (Å²) in [5, 5.41) is 3.27. The van der Waals surface area contributed by atoms with Gasteiger partial charge in [-0.05, 0) is 35.9 Å². The lowest BCUT2D eigenvalue weighted by Crippen LogP contribution is -1.97. The minimum absolute atomic E-state index is 0.596. The lowest BCUT2D eigenvalue weighted by molar-refractivity contribution is 0.151. The minimum Gasteiger partial charge on any atom is -0.372 e. The molecule has 0 amide bonds. The summed E-state index contributed by atoms with van der Waals surface area (Å²) >= 11 is 1.70. The van der Waals surface area contributed by atoms with Crippen molar-refractivity contribution in [3.8, 4) is 10.6 Å². The first-order valence-corrected chi connectivity index (χ1v) is 8.22. The van der Waals surface area contributed by atoms with Crippen molar-refractivity contribution in [3.63, 3.8) is 0 Å². The molecular formula is C18H15N3OS. The molecule has 0 saturated carbocycles. The molecular weight excluding hydrogens is 306 g/mol. The summed E-state index contributed by atoms with van der Waals surface area (Å²) in [6, 6.07) is 14.2. The number of anilines is 2. The highest BCUT2D eigenvalue weighted by molar-refractivity contribution is 7.15. The predicted octanol–water partition coefficient (Wildman–Crippen LogP) is 4.49. The summed E-state index contributed by atoms with van der Waals surface area (Å²) in [4.78, 5) is 11.2. The largest absolute Gasteiger partial charge is 0.372 e. The maximum Gasteiger partial charge on any atom is 0.227 e. The molecule has 4 rings (SSSR count). The summed E-state index contributed by atoms with van der Waals surface area (Å²) in [5.41, 5.74) is 3.00. The van der Waals surface area contributed by atoms with Gasteiger partial charge in [-0.3, -0.25) is 0 Å². The van der Waals surface area contributed by atoms with Crippen molar-refractivity contribution in [2.75, 3.05) is 11.9 Å². The second-order valence-corrected chi connectivity index (χ2v) is 6.37. The SMILES string of the molecule is C1=C\c2cccc(c2)Nc2nccc(n2)-c2ccc(s2)COC/1. The van der Waals surface area contributed by atoms with Crippen molar-refractivity contribution < 1.29 is 4.74 Å². The van der Waals surface area contributed by atoms with E-state index in [9.17, 15) is 0 Å². The molecule has 3 heterocycles. The van der Waals surface area contributed by atoms with Crippen LogP contribution in [0.3, 0.4) is 0 Å². The van der Waals surface area contributed by atoms with Crippen LogP contribution in [0.4, 0.5) is 11.6 Å². The molecule has 6 bridgehead atoms. The Hall–Kier alpha value is -2.50. The molecule has 0 radical (unpaired) electrons. The van der Waals surface area contributed by atoms with Gasteiger partial charge in [0, 0.05) is 16.8 Å². The number of benzene rings is 1. The Bertz CT molecular complexity index is 857. The standard InChI is InChI=1S/C18H15N3OS/c1-3-13-4-2-10-22-12-15-6-7-17(23-15)16-8-9-19-18(21-16)20-14(5-1)11-13/h1-9,11H,10,12H2,(H,19,20,21)/b4-2-. The van der Waals surface area contributed by atoms with E-state index in [4.69, 9.17) is 4.74 Å². The van der Waals surface area contributed by atoms with Crippen molar-refractivity contribution in [1.82, 2.24) is 9.97 Å². The minimum atomic E-state index is 0.596. The van der Waals surface area contributed by atoms with Crippen LogP contribution in [0.25, 0.3) is 16.6 Å². The summed E-state index contributed by atoms with van der Waals surface area (Å²) in [7, 11) is 0. The first-order valence-electron chi connectivity index (χ1n) is 7.40. The van der Waals surface area contributed by atoms with Crippen LogP contribution in [-0.4, -0.2) is 16.6 Å². The van der Waals surface area contributed by atoms with Gasteiger partial charge in [-0.2, -0.15) is 0 Å². The van der Waals surface area contributed by atoms with Crippen molar-refractivity contribution in [2.24, 2.45) is 0 Å². The van der Waals surface area contributed by atoms with E-state index in [0.717, 1.165) is 21.8 Å². The topological polar surface area (TPSA) is 47.0 Å². The number of hydrogen-bond acceptors (Lipinski definition) is 5. The second kappa shape index (κ2) is 6.32. The lowest BCUT2D eigenvalue weighted by atomic mass is 10.2. The Balaban J connectivity index is 1.75. The molecule has 114 valence electrons. The summed E-state index contributed by atoms with van der Waals surface area (Å²) in [6.07, 6.45) is 5.87. The predicted molar refractivity (Wildman–Crippen MR) is 93.8 cm³/mol. The van der Waals surface area contributed by atoms with Crippen LogP contribution in [0.5, 0.6) is 0 Å². The monoisotopic (exact) mass is 321 g/mol. The Morgan fingerprint density at radius 1 is 1.13 bits per heavy atom. The fourth-order valence-corrected chi connectivity index (χ4v) is 3.33. The highest BCUT2D eigenvalue weighted by atomic mass is 32.1. The maximum absolute atomic E-state index is 5.71. The van der Waals surface area contributed by atoms with Crippen molar-refractivity contribution in [1.29, 1.82) is 0 Å². The fourth-order valence-electron chi connectivity index (χ4n) is 2.41. The summed E-state index contributed by atoms with van der Waals surface area (Å²) < 4.78 is 5.71. The zero-order chi connectivity index (χ0) is 15.5. The van der Waals surface area contributed by atoms with Gasteiger partial charge in [0.05, 0.1) is 23.8 Å². The van der Waals surface area contributed by atoms with Crippen LogP contribution in [0, 0.1) is 0 Å². The van der Waals surface area contributed by atoms with Crippen molar-refractivity contribution in [3.05, 3.63) is 65.2 Å². The number of hydrogen-bond donors (Lipinski definition) is 1. The molecule has 1 aliphatic rings. The number of rotatable bonds is 0. The van der Waals surface area contributed by atoms with Crippen LogP contribution < -0.4 is 5.32 Å². The molecule has 1 aromatic carbocycles. The van der Waals surface area contributed by atoms with Crippen LogP contribution in [-0.2, 0) is 11.3 Å². The summed E-state index contributed by atoms with van der Waals surface area (Å²) in [5.74, 6) is 0.602. The number of ether oxygens (including phenoxy) is 1. The van der Waals surface area contributed by atoms with E-state index in [2.05, 4.69) is 45.6 Å². The quantitative estimate of drug-likeness (QED) is 0.662. The van der Waals surface area contributed by atoms with E-state index >= 15 is 0 Å². The first-order chi connectivity index (χ1) is 11.4. The van der Waals surface area contributed by atoms with E-state index in [-0.39, 0.29) is 0 Å². The van der Waals surface area contributed by atoms with Crippen LogP contribution in [0.2, 0.25) is 0 Å². The Labute approximate surface area is 138 Å². The van der Waals surface area contributed by atoms with Gasteiger partial charge in [0.1, 0.15) is 0 Å².